The molecule has 0 spiro atoms. The summed E-state index contributed by atoms with van der Waals surface area (Å²) in [7, 11) is 0. The van der Waals surface area contributed by atoms with Crippen LogP contribution in [-0.2, 0) is 4.79 Å². The number of anilines is 1. The summed E-state index contributed by atoms with van der Waals surface area (Å²) in [6.45, 7) is 0. The van der Waals surface area contributed by atoms with Gasteiger partial charge in [0.05, 0.1) is 5.56 Å². The van der Waals surface area contributed by atoms with Crippen LogP contribution in [0, 0.1) is 17.8 Å². The average Bonchev–Trinajstić information content (AvgIpc) is 2.69. The minimum absolute atomic E-state index is 0.0310. The molecule has 2 unspecified atom stereocenters. The molecule has 2 aliphatic rings. The lowest BCUT2D eigenvalue weighted by Gasteiger charge is -2.43. The van der Waals surface area contributed by atoms with E-state index in [0.29, 0.717) is 28.9 Å². The number of rotatable bonds is 5. The highest BCUT2D eigenvalue weighted by Gasteiger charge is 2.40. The number of carbonyl (C=O) groups is 2. The number of para-hydroxylation sites is 1. The van der Waals surface area contributed by atoms with Gasteiger partial charge in [0.15, 0.2) is 0 Å². The molecule has 5 N–H and O–H groups in total. The summed E-state index contributed by atoms with van der Waals surface area (Å²) in [5.41, 5.74) is 12.8. The van der Waals surface area contributed by atoms with E-state index in [1.807, 2.05) is 0 Å². The standard InChI is InChI=1S/C23H27N3O3/c24-21-14-4-3-5-15(21)13-16(12-14)23(28)26-17-8-10-18(11-9-17)29-20-7-2-1-6-19(20)22(25)27/h1-2,6-11,14-16,21H,3-5,12-13,24H2,(H2,25,27)(H,26,28). The molecule has 4 rings (SSSR count). The highest BCUT2D eigenvalue weighted by molar-refractivity contribution is 5.95. The van der Waals surface area contributed by atoms with Gasteiger partial charge in [-0.25, -0.2) is 0 Å². The molecule has 0 aliphatic heterocycles. The van der Waals surface area contributed by atoms with Crippen LogP contribution in [0.4, 0.5) is 5.69 Å². The summed E-state index contributed by atoms with van der Waals surface area (Å²) in [4.78, 5) is 24.3. The van der Waals surface area contributed by atoms with E-state index in [1.54, 1.807) is 48.5 Å². The Morgan fingerprint density at radius 3 is 2.28 bits per heavy atom. The molecule has 2 aliphatic carbocycles. The van der Waals surface area contributed by atoms with Gasteiger partial charge in [-0.1, -0.05) is 18.6 Å². The van der Waals surface area contributed by atoms with Crippen molar-refractivity contribution in [1.82, 2.24) is 0 Å². The van der Waals surface area contributed by atoms with Crippen molar-refractivity contribution in [2.45, 2.75) is 38.1 Å². The number of carbonyl (C=O) groups excluding carboxylic acids is 2. The van der Waals surface area contributed by atoms with Gasteiger partial charge in [-0.15, -0.1) is 0 Å². The molecule has 152 valence electrons. The predicted octanol–water partition coefficient (Wildman–Crippen LogP) is 3.67. The third-order valence-corrected chi connectivity index (χ3v) is 6.29. The van der Waals surface area contributed by atoms with Crippen LogP contribution in [0.5, 0.6) is 11.5 Å². The van der Waals surface area contributed by atoms with E-state index in [0.717, 1.165) is 31.4 Å². The Kier molecular flexibility index (Phi) is 5.53. The average molecular weight is 393 g/mol. The Balaban J connectivity index is 1.39. The molecule has 6 nitrogen and oxygen atoms in total. The second-order valence-electron chi connectivity index (χ2n) is 8.17. The Morgan fingerprint density at radius 1 is 0.966 bits per heavy atom. The van der Waals surface area contributed by atoms with Gasteiger partial charge in [-0.05, 0) is 73.9 Å². The highest BCUT2D eigenvalue weighted by Crippen LogP contribution is 2.42. The molecule has 2 aromatic carbocycles. The van der Waals surface area contributed by atoms with E-state index in [2.05, 4.69) is 5.32 Å². The third kappa shape index (κ3) is 4.27. The molecule has 29 heavy (non-hydrogen) atoms. The van der Waals surface area contributed by atoms with Crippen LogP contribution in [0.1, 0.15) is 42.5 Å². The number of benzene rings is 2. The SMILES string of the molecule is NC(=O)c1ccccc1Oc1ccc(NC(=O)C2CC3CCCC(C2)C3N)cc1. The maximum absolute atomic E-state index is 12.8. The van der Waals surface area contributed by atoms with Gasteiger partial charge in [0.1, 0.15) is 11.5 Å². The van der Waals surface area contributed by atoms with Crippen molar-refractivity contribution >= 4 is 17.5 Å². The minimum Gasteiger partial charge on any atom is -0.457 e. The van der Waals surface area contributed by atoms with Gasteiger partial charge in [0.25, 0.3) is 5.91 Å². The monoisotopic (exact) mass is 393 g/mol. The number of hydrogen-bond donors (Lipinski definition) is 3. The van der Waals surface area contributed by atoms with E-state index in [-0.39, 0.29) is 17.9 Å². The van der Waals surface area contributed by atoms with E-state index in [9.17, 15) is 9.59 Å². The number of ether oxygens (including phenoxy) is 1. The molecule has 2 aromatic rings. The van der Waals surface area contributed by atoms with E-state index in [1.165, 1.54) is 6.42 Å². The van der Waals surface area contributed by atoms with Gasteiger partial charge in [0, 0.05) is 17.6 Å². The van der Waals surface area contributed by atoms with Gasteiger partial charge >= 0.3 is 0 Å². The summed E-state index contributed by atoms with van der Waals surface area (Å²) in [5.74, 6) is 1.47. The lowest BCUT2D eigenvalue weighted by Crippen LogP contribution is -2.48. The Morgan fingerprint density at radius 2 is 1.62 bits per heavy atom. The minimum atomic E-state index is -0.540. The zero-order valence-electron chi connectivity index (χ0n) is 16.3. The van der Waals surface area contributed by atoms with Gasteiger partial charge in [-0.3, -0.25) is 9.59 Å². The first-order chi connectivity index (χ1) is 14.0. The zero-order chi connectivity index (χ0) is 20.4. The van der Waals surface area contributed by atoms with Crippen LogP contribution in [0.15, 0.2) is 48.5 Å². The van der Waals surface area contributed by atoms with Crippen molar-refractivity contribution in [3.63, 3.8) is 0 Å². The summed E-state index contributed by atoms with van der Waals surface area (Å²) in [6, 6.07) is 14.2. The van der Waals surface area contributed by atoms with Crippen molar-refractivity contribution in [3.8, 4) is 11.5 Å². The van der Waals surface area contributed by atoms with E-state index >= 15 is 0 Å². The third-order valence-electron chi connectivity index (χ3n) is 6.29. The Labute approximate surface area is 170 Å². The van der Waals surface area contributed by atoms with Crippen LogP contribution in [0.3, 0.4) is 0 Å². The number of nitrogens with one attached hydrogen (secondary N) is 1. The predicted molar refractivity (Wildman–Crippen MR) is 112 cm³/mol. The molecule has 2 bridgehead atoms. The quantitative estimate of drug-likeness (QED) is 0.720. The molecule has 2 amide bonds. The number of fused-ring (bicyclic) bond motifs is 2. The molecular weight excluding hydrogens is 366 g/mol. The van der Waals surface area contributed by atoms with Crippen molar-refractivity contribution in [2.24, 2.45) is 29.2 Å². The van der Waals surface area contributed by atoms with Crippen LogP contribution in [0.2, 0.25) is 0 Å². The highest BCUT2D eigenvalue weighted by atomic mass is 16.5. The van der Waals surface area contributed by atoms with Crippen LogP contribution >= 0.6 is 0 Å². The maximum Gasteiger partial charge on any atom is 0.252 e. The number of nitrogens with two attached hydrogens (primary N) is 2. The number of hydrogen-bond acceptors (Lipinski definition) is 4. The molecular formula is C23H27N3O3. The van der Waals surface area contributed by atoms with Crippen LogP contribution < -0.4 is 21.5 Å². The molecule has 2 atom stereocenters. The fraction of sp³-hybridized carbons (Fsp3) is 0.391. The van der Waals surface area contributed by atoms with Gasteiger partial charge < -0.3 is 21.5 Å². The first-order valence-electron chi connectivity index (χ1n) is 10.2. The zero-order valence-corrected chi connectivity index (χ0v) is 16.3. The smallest absolute Gasteiger partial charge is 0.252 e. The fourth-order valence-electron chi connectivity index (χ4n) is 4.74. The first kappa shape index (κ1) is 19.5. The molecule has 0 heterocycles. The second kappa shape index (κ2) is 8.25. The van der Waals surface area contributed by atoms with E-state index in [4.69, 9.17) is 16.2 Å². The van der Waals surface area contributed by atoms with Gasteiger partial charge in [-0.2, -0.15) is 0 Å². The van der Waals surface area contributed by atoms with Crippen LogP contribution in [-0.4, -0.2) is 17.9 Å². The molecule has 0 aromatic heterocycles. The summed E-state index contributed by atoms with van der Waals surface area (Å²) in [6.07, 6.45) is 5.28. The molecule has 0 saturated heterocycles. The van der Waals surface area contributed by atoms with Crippen molar-refractivity contribution in [3.05, 3.63) is 54.1 Å². The fourth-order valence-corrected chi connectivity index (χ4v) is 4.74. The van der Waals surface area contributed by atoms with Crippen molar-refractivity contribution in [2.75, 3.05) is 5.32 Å². The summed E-state index contributed by atoms with van der Waals surface area (Å²) >= 11 is 0. The van der Waals surface area contributed by atoms with Crippen LogP contribution in [0.25, 0.3) is 0 Å². The number of primary amides is 1. The van der Waals surface area contributed by atoms with Crippen molar-refractivity contribution < 1.29 is 14.3 Å². The number of amides is 2. The normalized spacial score (nSPS) is 25.8. The summed E-state index contributed by atoms with van der Waals surface area (Å²) in [5, 5.41) is 3.03. The lowest BCUT2D eigenvalue weighted by atomic mass is 9.65. The lowest BCUT2D eigenvalue weighted by molar-refractivity contribution is -0.122. The van der Waals surface area contributed by atoms with E-state index < -0.39 is 5.91 Å². The maximum atomic E-state index is 12.8. The topological polar surface area (TPSA) is 107 Å². The molecule has 2 fully saturated rings. The van der Waals surface area contributed by atoms with Gasteiger partial charge in [0.2, 0.25) is 5.91 Å². The molecule has 2 saturated carbocycles. The molecule has 6 heteroatoms. The first-order valence-corrected chi connectivity index (χ1v) is 10.2. The largest absolute Gasteiger partial charge is 0.457 e. The summed E-state index contributed by atoms with van der Waals surface area (Å²) < 4.78 is 5.78. The Hall–Kier alpha value is -2.86. The second-order valence-corrected chi connectivity index (χ2v) is 8.17. The Bertz CT molecular complexity index is 882. The molecule has 0 radical (unpaired) electrons. The van der Waals surface area contributed by atoms with Crippen molar-refractivity contribution in [1.29, 1.82) is 0 Å².